The maximum atomic E-state index is 15.0. The Morgan fingerprint density at radius 2 is 1.70 bits per heavy atom. The maximum Gasteiger partial charge on any atom is 0.338 e. The predicted molar refractivity (Wildman–Crippen MR) is 87.3 cm³/mol. The van der Waals surface area contributed by atoms with Crippen molar-refractivity contribution in [1.29, 1.82) is 0 Å². The Bertz CT molecular complexity index is 922. The number of halogens is 1. The van der Waals surface area contributed by atoms with Crippen LogP contribution in [0.15, 0.2) is 48.5 Å². The molecule has 0 bridgehead atoms. The van der Waals surface area contributed by atoms with Crippen molar-refractivity contribution in [3.63, 3.8) is 0 Å². The Hall–Kier alpha value is -3.08. The summed E-state index contributed by atoms with van der Waals surface area (Å²) in [4.78, 5) is 11.7. The van der Waals surface area contributed by atoms with Crippen molar-refractivity contribution < 1.29 is 19.0 Å². The molecule has 0 amide bonds. The molecule has 5 heteroatoms. The molecule has 4 nitrogen and oxygen atoms in total. The molecule has 0 aliphatic rings. The third kappa shape index (κ3) is 2.26. The van der Waals surface area contributed by atoms with Gasteiger partial charge in [0.05, 0.1) is 18.4 Å². The first kappa shape index (κ1) is 14.8. The largest absolute Gasteiger partial charge is 0.496 e. The summed E-state index contributed by atoms with van der Waals surface area (Å²) in [5.74, 6) is -1.34. The summed E-state index contributed by atoms with van der Waals surface area (Å²) >= 11 is 0. The summed E-state index contributed by atoms with van der Waals surface area (Å²) in [6, 6.07) is 13.2. The topological polar surface area (TPSA) is 72.5 Å². The lowest BCUT2D eigenvalue weighted by Gasteiger charge is -2.16. The average molecular weight is 311 g/mol. The molecule has 116 valence electrons. The number of carboxylic acids is 1. The van der Waals surface area contributed by atoms with E-state index in [1.54, 1.807) is 42.5 Å². The highest BCUT2D eigenvalue weighted by Crippen LogP contribution is 2.41. The van der Waals surface area contributed by atoms with Crippen LogP contribution in [0.25, 0.3) is 21.9 Å². The summed E-state index contributed by atoms with van der Waals surface area (Å²) in [5.41, 5.74) is 6.26. The third-order valence-electron chi connectivity index (χ3n) is 3.78. The molecular weight excluding hydrogens is 297 g/mol. The molecule has 0 aliphatic carbocycles. The molecule has 3 aromatic carbocycles. The van der Waals surface area contributed by atoms with E-state index in [-0.39, 0.29) is 27.6 Å². The van der Waals surface area contributed by atoms with E-state index in [4.69, 9.17) is 10.5 Å². The average Bonchev–Trinajstić information content (AvgIpc) is 2.55. The predicted octanol–water partition coefficient (Wildman–Crippen LogP) is 3.93. The molecule has 0 saturated heterocycles. The summed E-state index contributed by atoms with van der Waals surface area (Å²) in [5, 5.41) is 10.00. The molecule has 0 atom stereocenters. The van der Waals surface area contributed by atoms with Crippen molar-refractivity contribution >= 4 is 22.4 Å². The van der Waals surface area contributed by atoms with Gasteiger partial charge in [0.25, 0.3) is 0 Å². The minimum Gasteiger partial charge on any atom is -0.496 e. The van der Waals surface area contributed by atoms with E-state index in [1.807, 2.05) is 0 Å². The lowest BCUT2D eigenvalue weighted by atomic mass is 9.93. The van der Waals surface area contributed by atoms with E-state index in [0.717, 1.165) is 0 Å². The Morgan fingerprint density at radius 1 is 1.09 bits per heavy atom. The van der Waals surface area contributed by atoms with E-state index in [2.05, 4.69) is 0 Å². The molecule has 0 heterocycles. The van der Waals surface area contributed by atoms with Crippen LogP contribution in [0.4, 0.5) is 10.1 Å². The lowest BCUT2D eigenvalue weighted by molar-refractivity contribution is 0.0700. The lowest BCUT2D eigenvalue weighted by Crippen LogP contribution is -2.08. The van der Waals surface area contributed by atoms with Crippen molar-refractivity contribution in [3.05, 3.63) is 59.9 Å². The fourth-order valence-electron chi connectivity index (χ4n) is 2.76. The molecule has 0 spiro atoms. The van der Waals surface area contributed by atoms with Gasteiger partial charge < -0.3 is 15.6 Å². The number of carboxylic acid groups (broad SMARTS) is 1. The zero-order valence-electron chi connectivity index (χ0n) is 12.3. The minimum atomic E-state index is -1.20. The van der Waals surface area contributed by atoms with E-state index < -0.39 is 11.8 Å². The quantitative estimate of drug-likeness (QED) is 0.719. The van der Waals surface area contributed by atoms with Gasteiger partial charge in [0.15, 0.2) is 0 Å². The van der Waals surface area contributed by atoms with E-state index >= 15 is 4.39 Å². The van der Waals surface area contributed by atoms with Crippen molar-refractivity contribution in [2.24, 2.45) is 0 Å². The van der Waals surface area contributed by atoms with Crippen LogP contribution in [-0.2, 0) is 0 Å². The number of ether oxygens (including phenoxy) is 1. The van der Waals surface area contributed by atoms with Gasteiger partial charge in [-0.1, -0.05) is 42.5 Å². The first-order chi connectivity index (χ1) is 11.1. The number of aromatic carboxylic acids is 1. The van der Waals surface area contributed by atoms with E-state index in [0.29, 0.717) is 11.3 Å². The number of anilines is 1. The van der Waals surface area contributed by atoms with Gasteiger partial charge >= 0.3 is 5.97 Å². The summed E-state index contributed by atoms with van der Waals surface area (Å²) in [6.07, 6.45) is 0. The van der Waals surface area contributed by atoms with Gasteiger partial charge in [-0.05, 0) is 6.07 Å². The zero-order chi connectivity index (χ0) is 16.6. The van der Waals surface area contributed by atoms with Crippen LogP contribution >= 0.6 is 0 Å². The monoisotopic (exact) mass is 311 g/mol. The van der Waals surface area contributed by atoms with Crippen LogP contribution in [0, 0.1) is 5.82 Å². The summed E-state index contributed by atoms with van der Waals surface area (Å²) in [6.45, 7) is 0. The van der Waals surface area contributed by atoms with Crippen LogP contribution in [0.5, 0.6) is 5.75 Å². The number of para-hydroxylation sites is 1. The maximum absolute atomic E-state index is 15.0. The van der Waals surface area contributed by atoms with E-state index in [1.165, 1.54) is 13.2 Å². The molecule has 0 aliphatic heterocycles. The molecule has 0 aromatic heterocycles. The second-order valence-corrected chi connectivity index (χ2v) is 5.03. The number of rotatable bonds is 3. The highest BCUT2D eigenvalue weighted by Gasteiger charge is 2.24. The van der Waals surface area contributed by atoms with Crippen molar-refractivity contribution in [2.75, 3.05) is 12.8 Å². The van der Waals surface area contributed by atoms with Crippen LogP contribution in [-0.4, -0.2) is 18.2 Å². The smallest absolute Gasteiger partial charge is 0.338 e. The SMILES string of the molecule is COc1ccccc1-c1c(N)c(C(=O)O)c2ccccc2c1F. The molecular formula is C18H14FNO3. The van der Waals surface area contributed by atoms with Gasteiger partial charge in [0.1, 0.15) is 11.6 Å². The second-order valence-electron chi connectivity index (χ2n) is 5.03. The first-order valence-corrected chi connectivity index (χ1v) is 6.92. The standard InChI is InChI=1S/C18H14FNO3/c1-23-13-9-5-4-8-12(13)14-16(19)11-7-3-2-6-10(11)15(17(14)20)18(21)22/h2-9H,20H2,1H3,(H,21,22). The molecule has 3 rings (SSSR count). The van der Waals surface area contributed by atoms with Crippen LogP contribution < -0.4 is 10.5 Å². The van der Waals surface area contributed by atoms with Crippen molar-refractivity contribution in [2.45, 2.75) is 0 Å². The Balaban J connectivity index is 2.49. The molecule has 0 radical (unpaired) electrons. The molecule has 0 unspecified atom stereocenters. The second kappa shape index (κ2) is 5.61. The third-order valence-corrected chi connectivity index (χ3v) is 3.78. The first-order valence-electron chi connectivity index (χ1n) is 6.92. The summed E-state index contributed by atoms with van der Waals surface area (Å²) in [7, 11) is 1.46. The summed E-state index contributed by atoms with van der Waals surface area (Å²) < 4.78 is 20.3. The molecule has 3 aromatic rings. The van der Waals surface area contributed by atoms with Gasteiger partial charge in [-0.25, -0.2) is 9.18 Å². The Morgan fingerprint density at radius 3 is 2.35 bits per heavy atom. The Kier molecular flexibility index (Phi) is 3.62. The van der Waals surface area contributed by atoms with Crippen LogP contribution in [0.1, 0.15) is 10.4 Å². The van der Waals surface area contributed by atoms with Crippen molar-refractivity contribution in [1.82, 2.24) is 0 Å². The van der Waals surface area contributed by atoms with Gasteiger partial charge in [-0.2, -0.15) is 0 Å². The van der Waals surface area contributed by atoms with Crippen molar-refractivity contribution in [3.8, 4) is 16.9 Å². The fourth-order valence-corrected chi connectivity index (χ4v) is 2.76. The van der Waals surface area contributed by atoms with Crippen LogP contribution in [0.2, 0.25) is 0 Å². The van der Waals surface area contributed by atoms with Gasteiger partial charge in [0.2, 0.25) is 0 Å². The number of hydrogen-bond donors (Lipinski definition) is 2. The molecule has 3 N–H and O–H groups in total. The number of nitrogen functional groups attached to an aromatic ring is 1. The minimum absolute atomic E-state index is 0.0403. The highest BCUT2D eigenvalue weighted by molar-refractivity contribution is 6.12. The molecule has 23 heavy (non-hydrogen) atoms. The van der Waals surface area contributed by atoms with Gasteiger partial charge in [-0.15, -0.1) is 0 Å². The number of nitrogens with two attached hydrogens (primary N) is 1. The van der Waals surface area contributed by atoms with Crippen LogP contribution in [0.3, 0.4) is 0 Å². The number of fused-ring (bicyclic) bond motifs is 1. The molecule has 0 fully saturated rings. The normalized spacial score (nSPS) is 10.7. The highest BCUT2D eigenvalue weighted by atomic mass is 19.1. The number of carbonyl (C=O) groups is 1. The number of hydrogen-bond acceptors (Lipinski definition) is 3. The number of methoxy groups -OCH3 is 1. The van der Waals surface area contributed by atoms with Gasteiger partial charge in [-0.3, -0.25) is 0 Å². The Labute approximate surface area is 131 Å². The van der Waals surface area contributed by atoms with E-state index in [9.17, 15) is 9.90 Å². The molecule has 0 saturated carbocycles. The fraction of sp³-hybridized carbons (Fsp3) is 0.0556. The number of benzene rings is 3. The zero-order valence-corrected chi connectivity index (χ0v) is 12.3. The van der Waals surface area contributed by atoms with Gasteiger partial charge in [0, 0.05) is 21.9 Å².